The highest BCUT2D eigenvalue weighted by molar-refractivity contribution is 9.10. The SMILES string of the molecule is Cn1cc(CNc2cnn(CCO)c(=O)c2Br)cn1. The molecule has 0 aliphatic heterocycles. The van der Waals surface area contributed by atoms with E-state index in [9.17, 15) is 4.79 Å². The summed E-state index contributed by atoms with van der Waals surface area (Å²) in [7, 11) is 1.84. The number of nitrogens with one attached hydrogen (secondary N) is 1. The van der Waals surface area contributed by atoms with Crippen LogP contribution in [-0.4, -0.2) is 31.3 Å². The first kappa shape index (κ1) is 13.8. The molecule has 0 aromatic carbocycles. The molecular formula is C11H14BrN5O2. The van der Waals surface area contributed by atoms with Gasteiger partial charge in [0.2, 0.25) is 0 Å². The Labute approximate surface area is 118 Å². The molecule has 2 rings (SSSR count). The number of aliphatic hydroxyl groups is 1. The van der Waals surface area contributed by atoms with Gasteiger partial charge in [0, 0.05) is 25.4 Å². The van der Waals surface area contributed by atoms with Crippen LogP contribution >= 0.6 is 15.9 Å². The molecule has 0 bridgehead atoms. The zero-order valence-electron chi connectivity index (χ0n) is 10.4. The Kier molecular flexibility index (Phi) is 4.33. The van der Waals surface area contributed by atoms with Gasteiger partial charge in [0.1, 0.15) is 4.47 Å². The maximum atomic E-state index is 11.9. The van der Waals surface area contributed by atoms with Crippen LogP contribution in [0.5, 0.6) is 0 Å². The fraction of sp³-hybridized carbons (Fsp3) is 0.364. The minimum Gasteiger partial charge on any atom is -0.394 e. The van der Waals surface area contributed by atoms with Crippen LogP contribution < -0.4 is 10.9 Å². The van der Waals surface area contributed by atoms with E-state index in [1.807, 2.05) is 13.2 Å². The first-order chi connectivity index (χ1) is 9.11. The highest BCUT2D eigenvalue weighted by Crippen LogP contribution is 2.16. The molecule has 2 N–H and O–H groups in total. The second-order valence-electron chi connectivity index (χ2n) is 4.00. The van der Waals surface area contributed by atoms with Gasteiger partial charge < -0.3 is 10.4 Å². The van der Waals surface area contributed by atoms with Gasteiger partial charge in [-0.15, -0.1) is 0 Å². The first-order valence-electron chi connectivity index (χ1n) is 5.69. The molecule has 0 saturated carbocycles. The Morgan fingerprint density at radius 2 is 2.21 bits per heavy atom. The topological polar surface area (TPSA) is 85.0 Å². The third-order valence-electron chi connectivity index (χ3n) is 2.54. The van der Waals surface area contributed by atoms with E-state index >= 15 is 0 Å². The Morgan fingerprint density at radius 1 is 1.42 bits per heavy atom. The van der Waals surface area contributed by atoms with E-state index in [1.54, 1.807) is 17.1 Å². The predicted octanol–water partition coefficient (Wildman–Crippen LogP) is 0.344. The van der Waals surface area contributed by atoms with Crippen LogP contribution in [0.3, 0.4) is 0 Å². The predicted molar refractivity (Wildman–Crippen MR) is 73.8 cm³/mol. The Hall–Kier alpha value is -1.67. The molecule has 0 radical (unpaired) electrons. The second kappa shape index (κ2) is 5.98. The lowest BCUT2D eigenvalue weighted by Gasteiger charge is -2.08. The number of hydrogen-bond donors (Lipinski definition) is 2. The van der Waals surface area contributed by atoms with Crippen LogP contribution in [-0.2, 0) is 20.1 Å². The lowest BCUT2D eigenvalue weighted by Crippen LogP contribution is -2.25. The van der Waals surface area contributed by atoms with Crippen LogP contribution in [0.4, 0.5) is 5.69 Å². The molecule has 0 aliphatic rings. The third-order valence-corrected chi connectivity index (χ3v) is 3.30. The fourth-order valence-corrected chi connectivity index (χ4v) is 2.05. The molecule has 0 saturated heterocycles. The molecule has 0 atom stereocenters. The van der Waals surface area contributed by atoms with Crippen LogP contribution in [0, 0.1) is 0 Å². The van der Waals surface area contributed by atoms with Gasteiger partial charge in [0.15, 0.2) is 0 Å². The van der Waals surface area contributed by atoms with Gasteiger partial charge in [-0.1, -0.05) is 0 Å². The molecular weight excluding hydrogens is 314 g/mol. The number of aromatic nitrogens is 4. The van der Waals surface area contributed by atoms with E-state index in [2.05, 4.69) is 31.4 Å². The van der Waals surface area contributed by atoms with Gasteiger partial charge in [0.05, 0.1) is 31.2 Å². The van der Waals surface area contributed by atoms with Crippen molar-refractivity contribution in [3.63, 3.8) is 0 Å². The van der Waals surface area contributed by atoms with Crippen LogP contribution in [0.15, 0.2) is 27.9 Å². The van der Waals surface area contributed by atoms with Crippen molar-refractivity contribution >= 4 is 21.6 Å². The lowest BCUT2D eigenvalue weighted by atomic mass is 10.3. The van der Waals surface area contributed by atoms with Crippen molar-refractivity contribution in [1.82, 2.24) is 19.6 Å². The molecule has 0 spiro atoms. The highest BCUT2D eigenvalue weighted by Gasteiger charge is 2.08. The van der Waals surface area contributed by atoms with E-state index in [0.717, 1.165) is 5.56 Å². The molecule has 0 unspecified atom stereocenters. The maximum absolute atomic E-state index is 11.9. The van der Waals surface area contributed by atoms with Crippen molar-refractivity contribution in [1.29, 1.82) is 0 Å². The van der Waals surface area contributed by atoms with Gasteiger partial charge >= 0.3 is 0 Å². The second-order valence-corrected chi connectivity index (χ2v) is 4.79. The summed E-state index contributed by atoms with van der Waals surface area (Å²) in [5.74, 6) is 0. The molecule has 8 heteroatoms. The van der Waals surface area contributed by atoms with Crippen molar-refractivity contribution < 1.29 is 5.11 Å². The standard InChI is InChI=1S/C11H14BrN5O2/c1-16-7-8(5-14-16)4-13-9-6-15-17(2-3-18)11(19)10(9)12/h5-7,13,18H,2-4H2,1H3. The Bertz CT molecular complexity index is 622. The number of halogens is 1. The van der Waals surface area contributed by atoms with Crippen molar-refractivity contribution in [2.24, 2.45) is 7.05 Å². The molecule has 0 amide bonds. The minimum atomic E-state index is -0.273. The minimum absolute atomic E-state index is 0.123. The molecule has 19 heavy (non-hydrogen) atoms. The Morgan fingerprint density at radius 3 is 2.84 bits per heavy atom. The average Bonchev–Trinajstić information content (AvgIpc) is 2.80. The summed E-state index contributed by atoms with van der Waals surface area (Å²) < 4.78 is 3.32. The summed E-state index contributed by atoms with van der Waals surface area (Å²) in [5, 5.41) is 20.0. The van der Waals surface area contributed by atoms with E-state index in [-0.39, 0.29) is 18.7 Å². The van der Waals surface area contributed by atoms with Gasteiger partial charge in [-0.05, 0) is 15.9 Å². The average molecular weight is 328 g/mol. The number of anilines is 1. The number of nitrogens with zero attached hydrogens (tertiary/aromatic N) is 4. The summed E-state index contributed by atoms with van der Waals surface area (Å²) in [6, 6.07) is 0. The van der Waals surface area contributed by atoms with E-state index < -0.39 is 0 Å². The van der Waals surface area contributed by atoms with Crippen molar-refractivity contribution in [3.05, 3.63) is 39.0 Å². The van der Waals surface area contributed by atoms with Gasteiger partial charge in [-0.2, -0.15) is 10.2 Å². The first-order valence-corrected chi connectivity index (χ1v) is 6.49. The molecule has 7 nitrogen and oxygen atoms in total. The van der Waals surface area contributed by atoms with Crippen molar-refractivity contribution in [2.45, 2.75) is 13.1 Å². The van der Waals surface area contributed by atoms with Crippen LogP contribution in [0.25, 0.3) is 0 Å². The smallest absolute Gasteiger partial charge is 0.283 e. The van der Waals surface area contributed by atoms with Crippen LogP contribution in [0.1, 0.15) is 5.56 Å². The van der Waals surface area contributed by atoms with Crippen molar-refractivity contribution in [3.8, 4) is 0 Å². The number of aryl methyl sites for hydroxylation is 1. The number of rotatable bonds is 5. The van der Waals surface area contributed by atoms with Gasteiger partial charge in [0.25, 0.3) is 5.56 Å². The van der Waals surface area contributed by atoms with E-state index in [0.29, 0.717) is 16.7 Å². The molecule has 102 valence electrons. The zero-order chi connectivity index (χ0) is 13.8. The largest absolute Gasteiger partial charge is 0.394 e. The summed E-state index contributed by atoms with van der Waals surface area (Å²) in [6.07, 6.45) is 5.19. The van der Waals surface area contributed by atoms with E-state index in [4.69, 9.17) is 5.11 Å². The molecule has 2 aromatic heterocycles. The van der Waals surface area contributed by atoms with Crippen LogP contribution in [0.2, 0.25) is 0 Å². The lowest BCUT2D eigenvalue weighted by molar-refractivity contribution is 0.266. The fourth-order valence-electron chi connectivity index (χ4n) is 1.60. The zero-order valence-corrected chi connectivity index (χ0v) is 12.0. The summed E-state index contributed by atoms with van der Waals surface area (Å²) in [4.78, 5) is 11.9. The molecule has 0 aliphatic carbocycles. The maximum Gasteiger partial charge on any atom is 0.283 e. The summed E-state index contributed by atoms with van der Waals surface area (Å²) >= 11 is 3.24. The summed E-state index contributed by atoms with van der Waals surface area (Å²) in [5.41, 5.74) is 1.35. The highest BCUT2D eigenvalue weighted by atomic mass is 79.9. The Balaban J connectivity index is 2.13. The summed E-state index contributed by atoms with van der Waals surface area (Å²) in [6.45, 7) is 0.611. The monoisotopic (exact) mass is 327 g/mol. The molecule has 2 heterocycles. The normalized spacial score (nSPS) is 10.7. The van der Waals surface area contributed by atoms with Gasteiger partial charge in [-0.3, -0.25) is 9.48 Å². The van der Waals surface area contributed by atoms with E-state index in [1.165, 1.54) is 4.68 Å². The van der Waals surface area contributed by atoms with Crippen molar-refractivity contribution in [2.75, 3.05) is 11.9 Å². The molecule has 2 aromatic rings. The van der Waals surface area contributed by atoms with Gasteiger partial charge in [-0.25, -0.2) is 4.68 Å². The quantitative estimate of drug-likeness (QED) is 0.827. The third kappa shape index (κ3) is 3.21. The number of hydrogen-bond acceptors (Lipinski definition) is 5. The number of aliphatic hydroxyl groups excluding tert-OH is 1. The molecule has 0 fully saturated rings.